The molecule has 1 atom stereocenters. The van der Waals surface area contributed by atoms with Crippen LogP contribution in [0.4, 0.5) is 5.69 Å². The van der Waals surface area contributed by atoms with Crippen molar-refractivity contribution >= 4 is 27.5 Å². The smallest absolute Gasteiger partial charge is 0.249 e. The first-order valence-electron chi connectivity index (χ1n) is 8.03. The quantitative estimate of drug-likeness (QED) is 0.708. The first-order valence-corrected chi connectivity index (χ1v) is 8.82. The number of nitrogens with zero attached hydrogens (tertiary/aromatic N) is 4. The van der Waals surface area contributed by atoms with E-state index in [4.69, 9.17) is 0 Å². The molecule has 2 aromatic heterocycles. The van der Waals surface area contributed by atoms with Gasteiger partial charge in [0.2, 0.25) is 5.91 Å². The molecule has 0 spiro atoms. The molecule has 1 amide bonds. The van der Waals surface area contributed by atoms with Crippen molar-refractivity contribution in [2.24, 2.45) is 0 Å². The highest BCUT2D eigenvalue weighted by Crippen LogP contribution is 2.18. The zero-order chi connectivity index (χ0) is 18.0. The highest BCUT2D eigenvalue weighted by molar-refractivity contribution is 9.10. The van der Waals surface area contributed by atoms with Crippen molar-refractivity contribution in [2.75, 3.05) is 5.32 Å². The Balaban J connectivity index is 1.66. The average Bonchev–Trinajstić information content (AvgIpc) is 3.15. The molecule has 3 aromatic rings. The third-order valence-electron chi connectivity index (χ3n) is 4.13. The summed E-state index contributed by atoms with van der Waals surface area (Å²) in [5.41, 5.74) is 3.95. The Bertz CT molecular complexity index is 879. The van der Waals surface area contributed by atoms with Gasteiger partial charge in [0.1, 0.15) is 6.04 Å². The molecule has 1 unspecified atom stereocenters. The van der Waals surface area contributed by atoms with Crippen LogP contribution in [0.5, 0.6) is 0 Å². The fourth-order valence-corrected chi connectivity index (χ4v) is 2.79. The maximum Gasteiger partial charge on any atom is 0.249 e. The summed E-state index contributed by atoms with van der Waals surface area (Å²) in [5.74, 6) is -0.134. The van der Waals surface area contributed by atoms with Gasteiger partial charge in [-0.25, -0.2) is 0 Å². The van der Waals surface area contributed by atoms with Crippen LogP contribution in [0, 0.1) is 13.8 Å². The van der Waals surface area contributed by atoms with E-state index in [1.165, 1.54) is 11.1 Å². The third-order valence-corrected chi connectivity index (χ3v) is 4.91. The summed E-state index contributed by atoms with van der Waals surface area (Å²) in [5, 5.41) is 11.6. The van der Waals surface area contributed by atoms with Crippen LogP contribution in [0.2, 0.25) is 0 Å². The molecule has 0 bridgehead atoms. The van der Waals surface area contributed by atoms with Crippen molar-refractivity contribution in [2.45, 2.75) is 33.4 Å². The number of anilines is 1. The van der Waals surface area contributed by atoms with Gasteiger partial charge >= 0.3 is 0 Å². The molecule has 0 aliphatic carbocycles. The number of carbonyl (C=O) groups is 1. The summed E-state index contributed by atoms with van der Waals surface area (Å²) in [6.45, 7) is 6.45. The second kappa shape index (κ2) is 7.23. The van der Waals surface area contributed by atoms with E-state index in [9.17, 15) is 4.79 Å². The number of amides is 1. The Hall–Kier alpha value is -2.41. The lowest BCUT2D eigenvalue weighted by molar-refractivity contribution is -0.119. The van der Waals surface area contributed by atoms with Crippen molar-refractivity contribution < 1.29 is 4.79 Å². The van der Waals surface area contributed by atoms with E-state index in [1.54, 1.807) is 17.1 Å². The minimum Gasteiger partial charge on any atom is -0.322 e. The third kappa shape index (κ3) is 3.99. The lowest BCUT2D eigenvalue weighted by Crippen LogP contribution is -2.23. The van der Waals surface area contributed by atoms with Crippen LogP contribution in [-0.4, -0.2) is 25.5 Å². The lowest BCUT2D eigenvalue weighted by atomic mass is 10.1. The Morgan fingerprint density at radius 2 is 2.04 bits per heavy atom. The van der Waals surface area contributed by atoms with Crippen molar-refractivity contribution in [3.8, 4) is 0 Å². The lowest BCUT2D eigenvalue weighted by Gasteiger charge is -2.11. The molecule has 0 fully saturated rings. The van der Waals surface area contributed by atoms with Crippen LogP contribution < -0.4 is 5.32 Å². The number of benzene rings is 1. The van der Waals surface area contributed by atoms with Gasteiger partial charge < -0.3 is 5.32 Å². The van der Waals surface area contributed by atoms with E-state index in [1.807, 2.05) is 36.9 Å². The molecule has 2 heterocycles. The largest absolute Gasteiger partial charge is 0.322 e. The summed E-state index contributed by atoms with van der Waals surface area (Å²) in [7, 11) is 0. The predicted molar refractivity (Wildman–Crippen MR) is 101 cm³/mol. The molecule has 0 aliphatic heterocycles. The SMILES string of the molecule is Cc1ccccc1Cn1cc(NC(=O)C(C)n2cc(Br)c(C)n2)cn1. The van der Waals surface area contributed by atoms with Crippen LogP contribution in [0.25, 0.3) is 0 Å². The molecule has 3 rings (SSSR count). The van der Waals surface area contributed by atoms with Crippen molar-refractivity contribution in [1.29, 1.82) is 0 Å². The molecule has 0 aliphatic rings. The van der Waals surface area contributed by atoms with Crippen LogP contribution in [-0.2, 0) is 11.3 Å². The number of hydrogen-bond donors (Lipinski definition) is 1. The van der Waals surface area contributed by atoms with Gasteiger partial charge in [0.15, 0.2) is 0 Å². The standard InChI is InChI=1S/C18H20BrN5O/c1-12-6-4-5-7-15(12)9-23-10-16(8-20-23)21-18(25)14(3)24-11-17(19)13(2)22-24/h4-8,10-11,14H,9H2,1-3H3,(H,21,25). The number of hydrogen-bond acceptors (Lipinski definition) is 3. The maximum atomic E-state index is 12.4. The van der Waals surface area contributed by atoms with Crippen LogP contribution in [0.3, 0.4) is 0 Å². The monoisotopic (exact) mass is 401 g/mol. The molecule has 0 saturated heterocycles. The number of carbonyl (C=O) groups excluding carboxylic acids is 1. The fourth-order valence-electron chi connectivity index (χ4n) is 2.50. The van der Waals surface area contributed by atoms with Crippen molar-refractivity contribution in [1.82, 2.24) is 19.6 Å². The molecule has 6 nitrogen and oxygen atoms in total. The summed E-state index contributed by atoms with van der Waals surface area (Å²) in [6, 6.07) is 7.78. The van der Waals surface area contributed by atoms with Crippen molar-refractivity contribution in [3.05, 3.63) is 64.1 Å². The summed E-state index contributed by atoms with van der Waals surface area (Å²) < 4.78 is 4.35. The Morgan fingerprint density at radius 1 is 1.28 bits per heavy atom. The Kier molecular flexibility index (Phi) is 5.03. The van der Waals surface area contributed by atoms with Gasteiger partial charge in [-0.05, 0) is 47.8 Å². The molecule has 130 valence electrons. The highest BCUT2D eigenvalue weighted by Gasteiger charge is 2.17. The van der Waals surface area contributed by atoms with Crippen LogP contribution in [0.1, 0.15) is 29.8 Å². The van der Waals surface area contributed by atoms with Crippen molar-refractivity contribution in [3.63, 3.8) is 0 Å². The van der Waals surface area contributed by atoms with E-state index in [2.05, 4.69) is 50.5 Å². The topological polar surface area (TPSA) is 64.7 Å². The van der Waals surface area contributed by atoms with Gasteiger partial charge in [-0.2, -0.15) is 10.2 Å². The molecule has 25 heavy (non-hydrogen) atoms. The molecule has 0 saturated carbocycles. The summed E-state index contributed by atoms with van der Waals surface area (Å²) in [6.07, 6.45) is 5.30. The van der Waals surface area contributed by atoms with Gasteiger partial charge in [0.05, 0.1) is 28.6 Å². The molecule has 1 N–H and O–H groups in total. The molecular weight excluding hydrogens is 382 g/mol. The van der Waals surface area contributed by atoms with Gasteiger partial charge in [0.25, 0.3) is 0 Å². The number of rotatable bonds is 5. The second-order valence-corrected chi connectivity index (χ2v) is 6.92. The predicted octanol–water partition coefficient (Wildman–Crippen LogP) is 3.71. The zero-order valence-electron chi connectivity index (χ0n) is 14.4. The average molecular weight is 402 g/mol. The van der Waals surface area contributed by atoms with Gasteiger partial charge in [-0.15, -0.1) is 0 Å². The normalized spacial score (nSPS) is 12.2. The maximum absolute atomic E-state index is 12.4. The van der Waals surface area contributed by atoms with Gasteiger partial charge in [-0.1, -0.05) is 24.3 Å². The molecule has 0 radical (unpaired) electrons. The molecule has 7 heteroatoms. The minimum atomic E-state index is -0.412. The number of aromatic nitrogens is 4. The summed E-state index contributed by atoms with van der Waals surface area (Å²) in [4.78, 5) is 12.4. The summed E-state index contributed by atoms with van der Waals surface area (Å²) >= 11 is 3.41. The van der Waals surface area contributed by atoms with E-state index in [0.29, 0.717) is 12.2 Å². The van der Waals surface area contributed by atoms with Gasteiger partial charge in [-0.3, -0.25) is 14.2 Å². The Labute approximate surface area is 155 Å². The van der Waals surface area contributed by atoms with E-state index in [0.717, 1.165) is 10.2 Å². The van der Waals surface area contributed by atoms with Crippen LogP contribution in [0.15, 0.2) is 47.3 Å². The second-order valence-electron chi connectivity index (χ2n) is 6.06. The van der Waals surface area contributed by atoms with E-state index >= 15 is 0 Å². The molecular formula is C18H20BrN5O. The van der Waals surface area contributed by atoms with Gasteiger partial charge in [0, 0.05) is 12.4 Å². The zero-order valence-corrected chi connectivity index (χ0v) is 16.0. The number of nitrogens with one attached hydrogen (secondary N) is 1. The fraction of sp³-hybridized carbons (Fsp3) is 0.278. The Morgan fingerprint density at radius 3 is 2.72 bits per heavy atom. The van der Waals surface area contributed by atoms with E-state index in [-0.39, 0.29) is 5.91 Å². The number of halogens is 1. The van der Waals surface area contributed by atoms with E-state index < -0.39 is 6.04 Å². The first kappa shape index (κ1) is 17.4. The first-order chi connectivity index (χ1) is 11.9. The number of aryl methyl sites for hydroxylation is 2. The van der Waals surface area contributed by atoms with Crippen LogP contribution >= 0.6 is 15.9 Å². The molecule has 1 aromatic carbocycles. The minimum absolute atomic E-state index is 0.134. The highest BCUT2D eigenvalue weighted by atomic mass is 79.9.